The lowest BCUT2D eigenvalue weighted by Gasteiger charge is -2.24. The van der Waals surface area contributed by atoms with Gasteiger partial charge in [0, 0.05) is 74.9 Å². The summed E-state index contributed by atoms with van der Waals surface area (Å²) in [5.74, 6) is -2.13. The average Bonchev–Trinajstić information content (AvgIpc) is 1.79. The summed E-state index contributed by atoms with van der Waals surface area (Å²) in [5, 5.41) is 55.3. The molecule has 0 unspecified atom stereocenters. The number of nitrogens with one attached hydrogen (secondary N) is 6. The Labute approximate surface area is 478 Å². The first-order chi connectivity index (χ1) is 39.6. The van der Waals surface area contributed by atoms with Gasteiger partial charge in [0.25, 0.3) is 0 Å². The maximum Gasteiger partial charge on any atom is 0.240 e. The highest BCUT2D eigenvalue weighted by Gasteiger charge is 2.39. The van der Waals surface area contributed by atoms with Crippen molar-refractivity contribution >= 4 is 57.6 Å². The first-order valence-corrected chi connectivity index (χ1v) is 27.6. The molecule has 82 heavy (non-hydrogen) atoms. The van der Waals surface area contributed by atoms with Crippen LogP contribution in [0.2, 0.25) is 0 Å². The van der Waals surface area contributed by atoms with Gasteiger partial charge in [0.2, 0.25) is 34.8 Å². The number of nitrogens with two attached hydrogens (primary N) is 2. The van der Waals surface area contributed by atoms with Crippen LogP contribution in [0.4, 0.5) is 22.7 Å². The number of carbonyl (C=O) groups excluding carboxylic acids is 4. The minimum Gasteiger partial charge on any atom is -0.507 e. The summed E-state index contributed by atoms with van der Waals surface area (Å²) in [6, 6.07) is 11.7. The van der Waals surface area contributed by atoms with Crippen molar-refractivity contribution in [1.29, 1.82) is 0 Å². The number of hydrogen-bond donors (Lipinski definition) is 12. The number of nitrogens with zero attached hydrogens (tertiary/aromatic N) is 2. The van der Waals surface area contributed by atoms with Crippen molar-refractivity contribution in [2.24, 2.45) is 11.5 Å². The molecular formula is C58H82N10O14+2. The van der Waals surface area contributed by atoms with E-state index in [1.165, 1.54) is 36.4 Å². The van der Waals surface area contributed by atoms with Gasteiger partial charge < -0.3 is 79.9 Å². The molecule has 0 atom stereocenters. The van der Waals surface area contributed by atoms with E-state index < -0.39 is 23.1 Å². The van der Waals surface area contributed by atoms with Crippen LogP contribution in [0.5, 0.6) is 23.0 Å². The minimum absolute atomic E-state index is 0.000323. The lowest BCUT2D eigenvalue weighted by Crippen LogP contribution is -2.76. The van der Waals surface area contributed by atoms with Crippen molar-refractivity contribution in [1.82, 2.24) is 9.80 Å². The Kier molecular flexibility index (Phi) is 25.6. The van der Waals surface area contributed by atoms with Crippen LogP contribution in [0.15, 0.2) is 48.5 Å². The Morgan fingerprint density at radius 2 is 0.646 bits per heavy atom. The normalized spacial score (nSPS) is 13.1. The molecule has 4 aromatic carbocycles. The summed E-state index contributed by atoms with van der Waals surface area (Å²) >= 11 is 0. The molecule has 446 valence electrons. The number of amidine groups is 2. The maximum absolute atomic E-state index is 13.8. The van der Waals surface area contributed by atoms with Crippen molar-refractivity contribution in [3.63, 3.8) is 0 Å². The van der Waals surface area contributed by atoms with Crippen LogP contribution in [0.25, 0.3) is 0 Å². The zero-order chi connectivity index (χ0) is 59.0. The molecule has 2 aliphatic rings. The van der Waals surface area contributed by atoms with Gasteiger partial charge in [-0.1, -0.05) is 0 Å². The van der Waals surface area contributed by atoms with Crippen LogP contribution in [-0.4, -0.2) is 225 Å². The monoisotopic (exact) mass is 1140 g/mol. The molecule has 0 aliphatic heterocycles. The number of anilines is 4. The van der Waals surface area contributed by atoms with Crippen molar-refractivity contribution in [3.8, 4) is 23.0 Å². The lowest BCUT2D eigenvalue weighted by molar-refractivity contribution is -0.464. The molecule has 0 heterocycles. The zero-order valence-electron chi connectivity index (χ0n) is 47.5. The number of unbranched alkanes of at least 4 members (excludes halogenated alkanes) is 1. The van der Waals surface area contributed by atoms with E-state index in [0.717, 1.165) is 12.8 Å². The van der Waals surface area contributed by atoms with Gasteiger partial charge in [-0.2, -0.15) is 0 Å². The molecular weight excluding hydrogens is 1060 g/mol. The van der Waals surface area contributed by atoms with Gasteiger partial charge >= 0.3 is 0 Å². The Morgan fingerprint density at radius 3 is 0.927 bits per heavy atom. The summed E-state index contributed by atoms with van der Waals surface area (Å²) < 4.78 is 33.8. The Balaban J connectivity index is 0.725. The van der Waals surface area contributed by atoms with E-state index in [1.54, 1.807) is 12.1 Å². The Bertz CT molecular complexity index is 2690. The molecule has 0 fully saturated rings. The van der Waals surface area contributed by atoms with Gasteiger partial charge in [0.1, 0.15) is 36.1 Å². The van der Waals surface area contributed by atoms with Gasteiger partial charge in [-0.25, -0.2) is 0 Å². The number of phenols is 4. The first kappa shape index (κ1) is 63.8. The number of ether oxygens (including phenoxy) is 6. The minimum atomic E-state index is -0.564. The number of benzene rings is 4. The zero-order valence-corrected chi connectivity index (χ0v) is 47.5. The Hall–Kier alpha value is -7.42. The SMILES string of the molecule is CN(C)CCNc1ccc(O)c2c1C(=O)c1c(O)ccc(NCCOCCOCCOCC[NH+]=C(N)CCCCC(N)=[NH+]CCOCCOCCOCCNc3ccc(O)c4c3C(=O)c3c(O)ccc(NCCN(C)C)c3C4=O)c1C2=O. The molecule has 0 radical (unpaired) electrons. The second kappa shape index (κ2) is 32.9. The fraction of sp³-hybridized carbons (Fsp3) is 0.483. The standard InChI is InChI=1S/C58H80N10O14/c1-67(2)23-17-61-37-9-13-41(69)51-47(37)55(73)53-43(71)15-11-39(49(53)57(51)75)63-19-25-77-29-33-81-35-31-79-27-21-65-45(59)7-5-6-8-46(60)66-22-28-80-32-36-82-34-30-78-26-20-64-40-12-16-44(72)54-50(40)58(76)52-42(70)14-10-38(48(52)56(54)74)62-18-24-68(3)4/h9-16,61-64,69-72H,5-8,17-36H2,1-4H3,(H2,59,65)(H2,60,66)/p+2. The summed E-state index contributed by atoms with van der Waals surface area (Å²) in [6.07, 6.45) is 3.13. The van der Waals surface area contributed by atoms with E-state index in [9.17, 15) is 39.6 Å². The van der Waals surface area contributed by atoms with Crippen LogP contribution >= 0.6 is 0 Å². The highest BCUT2D eigenvalue weighted by molar-refractivity contribution is 6.34. The summed E-state index contributed by atoms with van der Waals surface area (Å²) in [6.45, 7) is 8.49. The fourth-order valence-corrected chi connectivity index (χ4v) is 9.12. The number of rotatable bonds is 39. The Morgan fingerprint density at radius 1 is 0.390 bits per heavy atom. The third-order valence-corrected chi connectivity index (χ3v) is 13.2. The third kappa shape index (κ3) is 18.0. The molecule has 0 spiro atoms. The van der Waals surface area contributed by atoms with Gasteiger partial charge in [-0.15, -0.1) is 0 Å². The largest absolute Gasteiger partial charge is 0.507 e. The second-order valence-corrected chi connectivity index (χ2v) is 19.9. The average molecular weight is 1140 g/mol. The van der Waals surface area contributed by atoms with Gasteiger partial charge in [-0.05, 0) is 89.6 Å². The van der Waals surface area contributed by atoms with Gasteiger partial charge in [0.05, 0.1) is 124 Å². The van der Waals surface area contributed by atoms with Crippen molar-refractivity contribution < 1.29 is 78.0 Å². The number of likely N-dealkylation sites (N-methyl/N-ethyl adjacent to an activating group) is 2. The molecule has 14 N–H and O–H groups in total. The molecule has 0 amide bonds. The van der Waals surface area contributed by atoms with Crippen molar-refractivity contribution in [2.45, 2.75) is 25.7 Å². The lowest BCUT2D eigenvalue weighted by atomic mass is 9.81. The third-order valence-electron chi connectivity index (χ3n) is 13.2. The molecule has 4 aromatic rings. The first-order valence-electron chi connectivity index (χ1n) is 27.6. The van der Waals surface area contributed by atoms with Crippen LogP contribution in [-0.2, 0) is 28.4 Å². The van der Waals surface area contributed by atoms with Crippen LogP contribution in [0.3, 0.4) is 0 Å². The van der Waals surface area contributed by atoms with Gasteiger partial charge in [-0.3, -0.25) is 40.6 Å². The molecule has 0 bridgehead atoms. The van der Waals surface area contributed by atoms with E-state index in [4.69, 9.17) is 39.9 Å². The topological polar surface area (TPSA) is 339 Å². The molecule has 0 aromatic heterocycles. The number of phenolic OH excluding ortho intramolecular Hbond substituents is 4. The van der Waals surface area contributed by atoms with Crippen molar-refractivity contribution in [3.05, 3.63) is 93.0 Å². The predicted octanol–water partition coefficient (Wildman–Crippen LogP) is 0.0664. The molecule has 0 saturated heterocycles. The number of fused-ring (bicyclic) bond motifs is 4. The number of ketones is 4. The quantitative estimate of drug-likeness (QED) is 0.0105. The molecule has 2 aliphatic carbocycles. The van der Waals surface area contributed by atoms with Crippen LogP contribution < -0.4 is 42.7 Å². The second-order valence-electron chi connectivity index (χ2n) is 19.9. The predicted molar refractivity (Wildman–Crippen MR) is 311 cm³/mol. The molecule has 24 heteroatoms. The maximum atomic E-state index is 13.8. The van der Waals surface area contributed by atoms with Gasteiger partial charge in [0.15, 0.2) is 0 Å². The van der Waals surface area contributed by atoms with E-state index in [-0.39, 0.29) is 80.7 Å². The number of carbonyl (C=O) groups is 4. The van der Waals surface area contributed by atoms with E-state index in [2.05, 4.69) is 31.3 Å². The van der Waals surface area contributed by atoms with Crippen molar-refractivity contribution in [2.75, 3.05) is 181 Å². The summed E-state index contributed by atoms with van der Waals surface area (Å²) in [4.78, 5) is 65.2. The number of hydrogen-bond acceptors (Lipinski definition) is 20. The summed E-state index contributed by atoms with van der Waals surface area (Å²) in [7, 11) is 7.67. The highest BCUT2D eigenvalue weighted by atomic mass is 16.5. The smallest absolute Gasteiger partial charge is 0.240 e. The fourth-order valence-electron chi connectivity index (χ4n) is 9.12. The molecule has 0 saturated carbocycles. The van der Waals surface area contributed by atoms with Crippen LogP contribution in [0.1, 0.15) is 89.4 Å². The molecule has 6 rings (SSSR count). The number of aromatic hydroxyl groups is 4. The summed E-state index contributed by atoms with van der Waals surface area (Å²) in [5.41, 5.74) is 13.4. The highest BCUT2D eigenvalue weighted by Crippen LogP contribution is 2.44. The van der Waals surface area contributed by atoms with E-state index >= 15 is 0 Å². The van der Waals surface area contributed by atoms with E-state index in [1.807, 2.05) is 38.0 Å². The van der Waals surface area contributed by atoms with E-state index in [0.29, 0.717) is 166 Å². The van der Waals surface area contributed by atoms with Crippen LogP contribution in [0, 0.1) is 0 Å². The molecule has 24 nitrogen and oxygen atoms in total.